The number of hydrogen-bond acceptors (Lipinski definition) is 3. The molecule has 1 heterocycles. The molecule has 2 nitrogen and oxygen atoms in total. The third-order valence-electron chi connectivity index (χ3n) is 2.87. The Morgan fingerprint density at radius 1 is 1.56 bits per heavy atom. The van der Waals surface area contributed by atoms with Crippen molar-refractivity contribution >= 4 is 29.2 Å². The quantitative estimate of drug-likeness (QED) is 0.899. The lowest BCUT2D eigenvalue weighted by Gasteiger charge is -2.13. The second kappa shape index (κ2) is 5.23. The summed E-state index contributed by atoms with van der Waals surface area (Å²) in [5.74, 6) is -0.0590. The number of nitrogens with one attached hydrogen (secondary N) is 1. The van der Waals surface area contributed by atoms with Crippen molar-refractivity contribution in [2.75, 3.05) is 11.6 Å². The van der Waals surface area contributed by atoms with Gasteiger partial charge in [-0.2, -0.15) is 11.8 Å². The molecule has 1 aromatic heterocycles. The van der Waals surface area contributed by atoms with Gasteiger partial charge in [0.15, 0.2) is 11.6 Å². The Bertz CT molecular complexity index is 375. The van der Waals surface area contributed by atoms with Gasteiger partial charge in [-0.3, -0.25) is 0 Å². The van der Waals surface area contributed by atoms with E-state index in [4.69, 9.17) is 11.6 Å². The number of rotatable bonds is 3. The SMILES string of the molecule is CSC1CCC(Nc2ncc(Cl)cc2F)C1. The van der Waals surface area contributed by atoms with Crippen molar-refractivity contribution in [3.8, 4) is 0 Å². The first-order valence-electron chi connectivity index (χ1n) is 5.29. The summed E-state index contributed by atoms with van der Waals surface area (Å²) in [7, 11) is 0. The number of halogens is 2. The van der Waals surface area contributed by atoms with Crippen LogP contribution >= 0.6 is 23.4 Å². The highest BCUT2D eigenvalue weighted by atomic mass is 35.5. The van der Waals surface area contributed by atoms with Crippen molar-refractivity contribution in [3.05, 3.63) is 23.1 Å². The third kappa shape index (κ3) is 2.80. The fourth-order valence-corrected chi connectivity index (χ4v) is 2.94. The molecule has 5 heteroatoms. The van der Waals surface area contributed by atoms with Gasteiger partial charge in [-0.05, 0) is 31.6 Å². The minimum Gasteiger partial charge on any atom is -0.365 e. The molecule has 1 aliphatic carbocycles. The Balaban J connectivity index is 1.99. The molecule has 0 radical (unpaired) electrons. The molecule has 1 saturated carbocycles. The summed E-state index contributed by atoms with van der Waals surface area (Å²) in [5, 5.41) is 4.16. The van der Waals surface area contributed by atoms with E-state index in [1.165, 1.54) is 18.7 Å². The third-order valence-corrected chi connectivity index (χ3v) is 4.17. The normalized spacial score (nSPS) is 24.7. The van der Waals surface area contributed by atoms with Crippen molar-refractivity contribution in [1.29, 1.82) is 0 Å². The highest BCUT2D eigenvalue weighted by molar-refractivity contribution is 7.99. The fourth-order valence-electron chi connectivity index (χ4n) is 2.00. The maximum absolute atomic E-state index is 13.5. The van der Waals surface area contributed by atoms with Gasteiger partial charge in [0.1, 0.15) is 0 Å². The molecule has 88 valence electrons. The van der Waals surface area contributed by atoms with Gasteiger partial charge in [-0.1, -0.05) is 11.6 Å². The van der Waals surface area contributed by atoms with E-state index in [9.17, 15) is 4.39 Å². The summed E-state index contributed by atoms with van der Waals surface area (Å²) in [6, 6.07) is 1.62. The van der Waals surface area contributed by atoms with Gasteiger partial charge >= 0.3 is 0 Å². The molecule has 2 atom stereocenters. The molecule has 0 aromatic carbocycles. The molecule has 0 amide bonds. The van der Waals surface area contributed by atoms with Gasteiger partial charge in [-0.25, -0.2) is 9.37 Å². The average molecular weight is 261 g/mol. The van der Waals surface area contributed by atoms with E-state index in [0.29, 0.717) is 22.1 Å². The topological polar surface area (TPSA) is 24.9 Å². The van der Waals surface area contributed by atoms with Crippen LogP contribution in [0.4, 0.5) is 10.2 Å². The molecule has 1 aromatic rings. The Morgan fingerprint density at radius 2 is 2.38 bits per heavy atom. The summed E-state index contributed by atoms with van der Waals surface area (Å²) in [5.41, 5.74) is 0. The van der Waals surface area contributed by atoms with E-state index >= 15 is 0 Å². The van der Waals surface area contributed by atoms with Crippen LogP contribution in [0.2, 0.25) is 5.02 Å². The highest BCUT2D eigenvalue weighted by Gasteiger charge is 2.24. The fraction of sp³-hybridized carbons (Fsp3) is 0.545. The summed E-state index contributed by atoms with van der Waals surface area (Å²) in [4.78, 5) is 3.97. The molecular weight excluding hydrogens is 247 g/mol. The van der Waals surface area contributed by atoms with Crippen molar-refractivity contribution in [3.63, 3.8) is 0 Å². The zero-order valence-electron chi connectivity index (χ0n) is 9.04. The molecule has 2 rings (SSSR count). The lowest BCUT2D eigenvalue weighted by atomic mass is 10.2. The highest BCUT2D eigenvalue weighted by Crippen LogP contribution is 2.30. The molecule has 0 aliphatic heterocycles. The molecule has 0 saturated heterocycles. The van der Waals surface area contributed by atoms with Crippen molar-refractivity contribution in [2.45, 2.75) is 30.6 Å². The van der Waals surface area contributed by atoms with Crippen LogP contribution in [0.25, 0.3) is 0 Å². The van der Waals surface area contributed by atoms with Crippen molar-refractivity contribution < 1.29 is 4.39 Å². The van der Waals surface area contributed by atoms with E-state index in [1.807, 2.05) is 11.8 Å². The summed E-state index contributed by atoms with van der Waals surface area (Å²) >= 11 is 7.52. The largest absolute Gasteiger partial charge is 0.365 e. The van der Waals surface area contributed by atoms with Crippen LogP contribution in [-0.2, 0) is 0 Å². The van der Waals surface area contributed by atoms with E-state index < -0.39 is 0 Å². The van der Waals surface area contributed by atoms with Crippen LogP contribution in [0.1, 0.15) is 19.3 Å². The van der Waals surface area contributed by atoms with Crippen LogP contribution in [-0.4, -0.2) is 22.5 Å². The predicted octanol–water partition coefficient (Wildman–Crippen LogP) is 3.57. The van der Waals surface area contributed by atoms with E-state index in [2.05, 4.69) is 16.6 Å². The monoisotopic (exact) mass is 260 g/mol. The summed E-state index contributed by atoms with van der Waals surface area (Å²) in [6.45, 7) is 0. The maximum Gasteiger partial charge on any atom is 0.166 e. The first-order chi connectivity index (χ1) is 7.69. The van der Waals surface area contributed by atoms with Crippen LogP contribution in [0.5, 0.6) is 0 Å². The lowest BCUT2D eigenvalue weighted by molar-refractivity contribution is 0.617. The first kappa shape index (κ1) is 12.0. The standard InChI is InChI=1S/C11H14ClFN2S/c1-16-9-3-2-8(5-9)15-11-10(13)4-7(12)6-14-11/h4,6,8-9H,2-3,5H2,1H3,(H,14,15). The minimum absolute atomic E-state index is 0.316. The average Bonchev–Trinajstić information content (AvgIpc) is 2.70. The Hall–Kier alpha value is -0.480. The van der Waals surface area contributed by atoms with Crippen molar-refractivity contribution in [1.82, 2.24) is 4.98 Å². The van der Waals surface area contributed by atoms with Gasteiger partial charge < -0.3 is 5.32 Å². The Morgan fingerprint density at radius 3 is 3.00 bits per heavy atom. The van der Waals surface area contributed by atoms with Gasteiger partial charge in [0.05, 0.1) is 5.02 Å². The number of hydrogen-bond donors (Lipinski definition) is 1. The number of nitrogens with zero attached hydrogens (tertiary/aromatic N) is 1. The molecule has 1 N–H and O–H groups in total. The number of thioether (sulfide) groups is 1. The smallest absolute Gasteiger partial charge is 0.166 e. The molecule has 0 bridgehead atoms. The number of anilines is 1. The van der Waals surface area contributed by atoms with Gasteiger partial charge in [0, 0.05) is 17.5 Å². The molecule has 1 aliphatic rings. The minimum atomic E-state index is -0.375. The van der Waals surface area contributed by atoms with Crippen LogP contribution in [0, 0.1) is 5.82 Å². The summed E-state index contributed by atoms with van der Waals surface area (Å²) in [6.07, 6.45) is 6.93. The van der Waals surface area contributed by atoms with E-state index in [-0.39, 0.29) is 5.82 Å². The van der Waals surface area contributed by atoms with E-state index in [1.54, 1.807) is 0 Å². The Labute approximate surface area is 104 Å². The first-order valence-corrected chi connectivity index (χ1v) is 6.96. The molecule has 0 spiro atoms. The number of pyridine rings is 1. The molecule has 16 heavy (non-hydrogen) atoms. The predicted molar refractivity (Wildman–Crippen MR) is 67.8 cm³/mol. The lowest BCUT2D eigenvalue weighted by Crippen LogP contribution is -2.17. The molecule has 2 unspecified atom stereocenters. The summed E-state index contributed by atoms with van der Waals surface area (Å²) < 4.78 is 13.5. The number of aromatic nitrogens is 1. The van der Waals surface area contributed by atoms with Crippen molar-refractivity contribution in [2.24, 2.45) is 0 Å². The maximum atomic E-state index is 13.5. The van der Waals surface area contributed by atoms with Gasteiger partial charge in [0.2, 0.25) is 0 Å². The Kier molecular flexibility index (Phi) is 3.92. The van der Waals surface area contributed by atoms with Gasteiger partial charge in [0.25, 0.3) is 0 Å². The second-order valence-electron chi connectivity index (χ2n) is 4.00. The van der Waals surface area contributed by atoms with Crippen LogP contribution in [0.3, 0.4) is 0 Å². The zero-order valence-corrected chi connectivity index (χ0v) is 10.6. The van der Waals surface area contributed by atoms with Crippen LogP contribution < -0.4 is 5.32 Å². The van der Waals surface area contributed by atoms with Crippen LogP contribution in [0.15, 0.2) is 12.3 Å². The molecular formula is C11H14ClFN2S. The van der Waals surface area contributed by atoms with E-state index in [0.717, 1.165) is 12.8 Å². The second-order valence-corrected chi connectivity index (χ2v) is 5.57. The zero-order chi connectivity index (χ0) is 11.5. The molecule has 1 fully saturated rings. The van der Waals surface area contributed by atoms with Gasteiger partial charge in [-0.15, -0.1) is 0 Å².